The van der Waals surface area contributed by atoms with Crippen LogP contribution in [0.15, 0.2) is 23.1 Å². The highest BCUT2D eigenvalue weighted by Gasteiger charge is 2.17. The highest BCUT2D eigenvalue weighted by Crippen LogP contribution is 2.15. The molecular weight excluding hydrogens is 166 g/mol. The van der Waals surface area contributed by atoms with Gasteiger partial charge in [-0.15, -0.1) is 0 Å². The van der Waals surface area contributed by atoms with Crippen LogP contribution in [0.3, 0.4) is 0 Å². The van der Waals surface area contributed by atoms with Crippen molar-refractivity contribution in [1.82, 2.24) is 0 Å². The second-order valence-corrected chi connectivity index (χ2v) is 3.84. The van der Waals surface area contributed by atoms with E-state index in [2.05, 4.69) is 0 Å². The fourth-order valence-electron chi connectivity index (χ4n) is 0.865. The van der Waals surface area contributed by atoms with Crippen LogP contribution in [0.1, 0.15) is 6.42 Å². The van der Waals surface area contributed by atoms with Crippen LogP contribution in [0.4, 0.5) is 0 Å². The molecule has 0 fully saturated rings. The molecule has 0 saturated carbocycles. The topological polar surface area (TPSA) is 80.4 Å². The zero-order valence-electron chi connectivity index (χ0n) is 5.77. The molecule has 0 aromatic rings. The van der Waals surface area contributed by atoms with Gasteiger partial charge in [-0.2, -0.15) is 8.42 Å². The number of hydrogen-bond donors (Lipinski definition) is 2. The average molecular weight is 175 g/mol. The second-order valence-electron chi connectivity index (χ2n) is 2.36. The molecule has 62 valence electrons. The molecule has 1 atom stereocenters. The molecule has 0 bridgehead atoms. The summed E-state index contributed by atoms with van der Waals surface area (Å²) in [4.78, 5) is -0.0208. The predicted molar refractivity (Wildman–Crippen MR) is 41.4 cm³/mol. The van der Waals surface area contributed by atoms with E-state index in [4.69, 9.17) is 10.3 Å². The molecule has 5 heteroatoms. The van der Waals surface area contributed by atoms with Crippen LogP contribution in [0.2, 0.25) is 0 Å². The molecule has 1 unspecified atom stereocenters. The van der Waals surface area contributed by atoms with Crippen LogP contribution in [0.25, 0.3) is 0 Å². The smallest absolute Gasteiger partial charge is 0.290 e. The molecule has 0 radical (unpaired) electrons. The first-order valence-corrected chi connectivity index (χ1v) is 4.54. The van der Waals surface area contributed by atoms with E-state index in [0.717, 1.165) is 0 Å². The van der Waals surface area contributed by atoms with Crippen molar-refractivity contribution < 1.29 is 13.0 Å². The molecule has 0 heterocycles. The molecule has 1 aliphatic carbocycles. The monoisotopic (exact) mass is 175 g/mol. The lowest BCUT2D eigenvalue weighted by Crippen LogP contribution is -2.21. The van der Waals surface area contributed by atoms with Gasteiger partial charge in [0.25, 0.3) is 10.1 Å². The summed E-state index contributed by atoms with van der Waals surface area (Å²) in [7, 11) is -4.03. The number of hydrogen-bond acceptors (Lipinski definition) is 3. The molecule has 4 nitrogen and oxygen atoms in total. The Labute approximate surface area is 65.1 Å². The quantitative estimate of drug-likeness (QED) is 0.551. The predicted octanol–water partition coefficient (Wildman–Crippen LogP) is 0.0453. The summed E-state index contributed by atoms with van der Waals surface area (Å²) in [6, 6.07) is -0.308. The third-order valence-corrected chi connectivity index (χ3v) is 2.37. The Morgan fingerprint density at radius 2 is 2.27 bits per heavy atom. The molecule has 0 saturated heterocycles. The molecule has 0 spiro atoms. The van der Waals surface area contributed by atoms with E-state index in [1.807, 2.05) is 0 Å². The Hall–Kier alpha value is -0.650. The molecule has 0 aliphatic heterocycles. The Morgan fingerprint density at radius 1 is 1.64 bits per heavy atom. The Balaban J connectivity index is 2.92. The minimum absolute atomic E-state index is 0.0208. The fraction of sp³-hybridized carbons (Fsp3) is 0.333. The van der Waals surface area contributed by atoms with Gasteiger partial charge >= 0.3 is 0 Å². The lowest BCUT2D eigenvalue weighted by Gasteiger charge is -2.10. The van der Waals surface area contributed by atoms with Gasteiger partial charge in [0.05, 0.1) is 4.91 Å². The maximum atomic E-state index is 10.5. The highest BCUT2D eigenvalue weighted by molar-refractivity contribution is 7.89. The van der Waals surface area contributed by atoms with Crippen LogP contribution in [-0.2, 0) is 10.1 Å². The summed E-state index contributed by atoms with van der Waals surface area (Å²) in [5.74, 6) is 0. The Bertz CT molecular complexity index is 302. The SMILES string of the molecule is NC1C=CC=C(S(=O)(=O)O)C1. The minimum atomic E-state index is -4.03. The normalized spacial score (nSPS) is 24.9. The van der Waals surface area contributed by atoms with E-state index >= 15 is 0 Å². The molecule has 1 aliphatic rings. The number of rotatable bonds is 1. The first-order chi connectivity index (χ1) is 5.00. The van der Waals surface area contributed by atoms with Gasteiger partial charge in [-0.25, -0.2) is 0 Å². The van der Waals surface area contributed by atoms with Crippen molar-refractivity contribution >= 4 is 10.1 Å². The summed E-state index contributed by atoms with van der Waals surface area (Å²) in [5, 5.41) is 0. The van der Waals surface area contributed by atoms with Crippen molar-refractivity contribution in [3.63, 3.8) is 0 Å². The van der Waals surface area contributed by atoms with Gasteiger partial charge in [0.1, 0.15) is 0 Å². The zero-order chi connectivity index (χ0) is 8.48. The minimum Gasteiger partial charge on any atom is -0.324 e. The van der Waals surface area contributed by atoms with Gasteiger partial charge in [0.15, 0.2) is 0 Å². The highest BCUT2D eigenvalue weighted by atomic mass is 32.2. The van der Waals surface area contributed by atoms with Gasteiger partial charge in [-0.1, -0.05) is 12.2 Å². The summed E-state index contributed by atoms with van der Waals surface area (Å²) < 4.78 is 29.6. The maximum Gasteiger partial charge on any atom is 0.290 e. The standard InChI is InChI=1S/C6H9NO3S/c7-5-2-1-3-6(4-5)11(8,9)10/h1-3,5H,4,7H2,(H,8,9,10). The van der Waals surface area contributed by atoms with Crippen molar-refractivity contribution in [3.8, 4) is 0 Å². The molecule has 11 heavy (non-hydrogen) atoms. The van der Waals surface area contributed by atoms with Crippen molar-refractivity contribution in [2.75, 3.05) is 0 Å². The van der Waals surface area contributed by atoms with Crippen LogP contribution >= 0.6 is 0 Å². The summed E-state index contributed by atoms with van der Waals surface area (Å²) in [5.41, 5.74) is 5.42. The molecule has 0 amide bonds. The van der Waals surface area contributed by atoms with Crippen molar-refractivity contribution in [2.45, 2.75) is 12.5 Å². The fourth-order valence-corrected chi connectivity index (χ4v) is 1.52. The lowest BCUT2D eigenvalue weighted by molar-refractivity contribution is 0.488. The summed E-state index contributed by atoms with van der Waals surface area (Å²) in [6.07, 6.45) is 4.72. The van der Waals surface area contributed by atoms with E-state index in [1.54, 1.807) is 6.08 Å². The maximum absolute atomic E-state index is 10.5. The second kappa shape index (κ2) is 2.77. The van der Waals surface area contributed by atoms with E-state index in [-0.39, 0.29) is 17.4 Å². The lowest BCUT2D eigenvalue weighted by atomic mass is 10.1. The van der Waals surface area contributed by atoms with E-state index < -0.39 is 10.1 Å². The first-order valence-electron chi connectivity index (χ1n) is 3.10. The van der Waals surface area contributed by atoms with Crippen molar-refractivity contribution in [2.24, 2.45) is 5.73 Å². The average Bonchev–Trinajstić information content (AvgIpc) is 1.86. The molecule has 0 aromatic heterocycles. The molecule has 0 aromatic carbocycles. The van der Waals surface area contributed by atoms with E-state index in [1.165, 1.54) is 12.2 Å². The number of nitrogens with two attached hydrogens (primary N) is 1. The van der Waals surface area contributed by atoms with Crippen molar-refractivity contribution in [1.29, 1.82) is 0 Å². The van der Waals surface area contributed by atoms with E-state index in [9.17, 15) is 8.42 Å². The Morgan fingerprint density at radius 3 is 2.64 bits per heavy atom. The van der Waals surface area contributed by atoms with Crippen molar-refractivity contribution in [3.05, 3.63) is 23.1 Å². The van der Waals surface area contributed by atoms with Crippen LogP contribution < -0.4 is 5.73 Å². The summed E-state index contributed by atoms with van der Waals surface area (Å²) in [6.45, 7) is 0. The third-order valence-electron chi connectivity index (χ3n) is 1.41. The largest absolute Gasteiger partial charge is 0.324 e. The van der Waals surface area contributed by atoms with Gasteiger partial charge < -0.3 is 5.73 Å². The molecular formula is C6H9NO3S. The zero-order valence-corrected chi connectivity index (χ0v) is 6.58. The van der Waals surface area contributed by atoms with Gasteiger partial charge in [0, 0.05) is 12.5 Å². The molecule has 3 N–H and O–H groups in total. The van der Waals surface area contributed by atoms with Gasteiger partial charge in [0.2, 0.25) is 0 Å². The van der Waals surface area contributed by atoms with Crippen LogP contribution in [-0.4, -0.2) is 19.0 Å². The third kappa shape index (κ3) is 2.14. The van der Waals surface area contributed by atoms with Gasteiger partial charge in [-0.3, -0.25) is 4.55 Å². The number of allylic oxidation sites excluding steroid dienone is 2. The van der Waals surface area contributed by atoms with Crippen LogP contribution in [0, 0.1) is 0 Å². The van der Waals surface area contributed by atoms with E-state index in [0.29, 0.717) is 0 Å². The molecule has 1 rings (SSSR count). The van der Waals surface area contributed by atoms with Crippen LogP contribution in [0.5, 0.6) is 0 Å². The Kier molecular flexibility index (Phi) is 2.12. The first kappa shape index (κ1) is 8.45. The summed E-state index contributed by atoms with van der Waals surface area (Å²) >= 11 is 0. The van der Waals surface area contributed by atoms with Gasteiger partial charge in [-0.05, 0) is 6.08 Å².